The number of alkyl halides is 1. The summed E-state index contributed by atoms with van der Waals surface area (Å²) in [4.78, 5) is 0. The quantitative estimate of drug-likeness (QED) is 0.376. The van der Waals surface area contributed by atoms with Crippen molar-refractivity contribution in [2.75, 3.05) is 0 Å². The monoisotopic (exact) mass is 214 g/mol. The minimum absolute atomic E-state index is 0.279. The van der Waals surface area contributed by atoms with Gasteiger partial charge in [0.1, 0.15) is 0 Å². The van der Waals surface area contributed by atoms with Crippen LogP contribution < -0.4 is 0 Å². The second-order valence-electron chi connectivity index (χ2n) is 4.29. The first-order valence-electron chi connectivity index (χ1n) is 3.48. The smallest absolute Gasteiger partial charge is 0.165 e. The summed E-state index contributed by atoms with van der Waals surface area (Å²) in [5, 5.41) is 0. The Hall–Kier alpha value is 1.01. The highest BCUT2D eigenvalue weighted by Crippen LogP contribution is 2.27. The van der Waals surface area contributed by atoms with Crippen molar-refractivity contribution in [2.45, 2.75) is 37.4 Å². The average molecular weight is 215 g/mol. The standard InChI is InChI=1S/C6H16Cl2Si2/c1-9(2,3)6(7)10(4,5)8/h6H,1-5H3. The molecule has 0 fully saturated rings. The fraction of sp³-hybridized carbons (Fsp3) is 1.00. The lowest BCUT2D eigenvalue weighted by Crippen LogP contribution is -2.48. The van der Waals surface area contributed by atoms with Crippen molar-refractivity contribution in [3.8, 4) is 0 Å². The molecule has 0 saturated carbocycles. The normalized spacial score (nSPS) is 17.1. The third kappa shape index (κ3) is 3.42. The van der Waals surface area contributed by atoms with E-state index in [2.05, 4.69) is 32.7 Å². The van der Waals surface area contributed by atoms with Crippen molar-refractivity contribution in [3.05, 3.63) is 0 Å². The summed E-state index contributed by atoms with van der Waals surface area (Å²) in [6, 6.07) is 0. The molecule has 0 amide bonds. The van der Waals surface area contributed by atoms with E-state index in [9.17, 15) is 0 Å². The van der Waals surface area contributed by atoms with Crippen molar-refractivity contribution >= 4 is 38.1 Å². The van der Waals surface area contributed by atoms with Crippen LogP contribution in [0.2, 0.25) is 32.7 Å². The maximum Gasteiger partial charge on any atom is 0.165 e. The zero-order valence-corrected chi connectivity index (χ0v) is 10.8. The molecule has 0 N–H and O–H groups in total. The molecule has 0 rings (SSSR count). The van der Waals surface area contributed by atoms with Gasteiger partial charge in [0.2, 0.25) is 0 Å². The number of rotatable bonds is 2. The second kappa shape index (κ2) is 3.17. The minimum Gasteiger partial charge on any atom is -0.166 e. The zero-order valence-electron chi connectivity index (χ0n) is 7.33. The van der Waals surface area contributed by atoms with E-state index in [-0.39, 0.29) is 4.62 Å². The first kappa shape index (κ1) is 11.0. The van der Waals surface area contributed by atoms with E-state index < -0.39 is 15.5 Å². The van der Waals surface area contributed by atoms with Gasteiger partial charge in [0, 0.05) is 4.62 Å². The van der Waals surface area contributed by atoms with E-state index in [4.69, 9.17) is 22.7 Å². The van der Waals surface area contributed by atoms with Gasteiger partial charge >= 0.3 is 0 Å². The molecule has 0 heterocycles. The molecule has 0 spiro atoms. The SMILES string of the molecule is C[Si](C)(C)C(Cl)[Si](C)(C)Cl. The molecule has 10 heavy (non-hydrogen) atoms. The number of halogens is 2. The molecule has 0 aliphatic carbocycles. The largest absolute Gasteiger partial charge is 0.166 e. The van der Waals surface area contributed by atoms with E-state index in [0.717, 1.165) is 0 Å². The van der Waals surface area contributed by atoms with Crippen molar-refractivity contribution in [1.82, 2.24) is 0 Å². The van der Waals surface area contributed by atoms with Gasteiger partial charge < -0.3 is 0 Å². The Morgan fingerprint density at radius 1 is 1.00 bits per heavy atom. The van der Waals surface area contributed by atoms with Crippen LogP contribution >= 0.6 is 22.7 Å². The molecule has 0 aliphatic rings. The van der Waals surface area contributed by atoms with E-state index in [1.165, 1.54) is 0 Å². The lowest BCUT2D eigenvalue weighted by Gasteiger charge is -2.30. The van der Waals surface area contributed by atoms with Crippen LogP contribution in [-0.4, -0.2) is 20.1 Å². The highest BCUT2D eigenvalue weighted by molar-refractivity contribution is 7.27. The topological polar surface area (TPSA) is 0 Å². The lowest BCUT2D eigenvalue weighted by atomic mass is 11.7. The molecule has 0 aliphatic heterocycles. The Bertz CT molecular complexity index is 97.9. The zero-order chi connectivity index (χ0) is 8.58. The maximum atomic E-state index is 6.22. The van der Waals surface area contributed by atoms with E-state index >= 15 is 0 Å². The van der Waals surface area contributed by atoms with Crippen LogP contribution in [0.1, 0.15) is 0 Å². The molecule has 0 bridgehead atoms. The van der Waals surface area contributed by atoms with Gasteiger partial charge in [-0.25, -0.2) is 0 Å². The van der Waals surface area contributed by atoms with Gasteiger partial charge in [-0.1, -0.05) is 32.7 Å². The molecule has 1 unspecified atom stereocenters. The van der Waals surface area contributed by atoms with Crippen molar-refractivity contribution in [2.24, 2.45) is 0 Å². The van der Waals surface area contributed by atoms with Crippen LogP contribution in [0.15, 0.2) is 0 Å². The molecule has 62 valence electrons. The summed E-state index contributed by atoms with van der Waals surface area (Å²) >= 11 is 12.4. The summed E-state index contributed by atoms with van der Waals surface area (Å²) in [6.45, 7) is 11.0. The Kier molecular flexibility index (Phi) is 3.49. The fourth-order valence-corrected chi connectivity index (χ4v) is 12.2. The predicted molar refractivity (Wildman–Crippen MR) is 56.3 cm³/mol. The molecule has 1 atom stereocenters. The van der Waals surface area contributed by atoms with Crippen LogP contribution in [0.3, 0.4) is 0 Å². The van der Waals surface area contributed by atoms with Gasteiger partial charge in [-0.05, 0) is 0 Å². The highest BCUT2D eigenvalue weighted by atomic mass is 35.6. The van der Waals surface area contributed by atoms with Crippen LogP contribution in [-0.2, 0) is 0 Å². The summed E-state index contributed by atoms with van der Waals surface area (Å²) in [6.07, 6.45) is 0. The van der Waals surface area contributed by atoms with Gasteiger partial charge in [0.05, 0.1) is 8.07 Å². The van der Waals surface area contributed by atoms with Gasteiger partial charge in [-0.3, -0.25) is 0 Å². The minimum atomic E-state index is -1.60. The molecule has 0 radical (unpaired) electrons. The molecule has 0 aromatic heterocycles. The van der Waals surface area contributed by atoms with Gasteiger partial charge in [0.15, 0.2) is 7.38 Å². The van der Waals surface area contributed by atoms with Crippen LogP contribution in [0.4, 0.5) is 0 Å². The summed E-state index contributed by atoms with van der Waals surface area (Å²) < 4.78 is 0.279. The number of hydrogen-bond donors (Lipinski definition) is 0. The van der Waals surface area contributed by atoms with Crippen molar-refractivity contribution in [3.63, 3.8) is 0 Å². The number of hydrogen-bond acceptors (Lipinski definition) is 0. The van der Waals surface area contributed by atoms with Crippen molar-refractivity contribution < 1.29 is 0 Å². The van der Waals surface area contributed by atoms with Crippen LogP contribution in [0.5, 0.6) is 0 Å². The predicted octanol–water partition coefficient (Wildman–Crippen LogP) is 3.45. The first-order chi connectivity index (χ1) is 4.15. The Labute approximate surface area is 75.6 Å². The Morgan fingerprint density at radius 3 is 1.30 bits per heavy atom. The summed E-state index contributed by atoms with van der Waals surface area (Å²) in [7, 11) is -2.80. The van der Waals surface area contributed by atoms with Crippen LogP contribution in [0.25, 0.3) is 0 Å². The first-order valence-corrected chi connectivity index (χ1v) is 11.6. The third-order valence-corrected chi connectivity index (χ3v) is 14.0. The van der Waals surface area contributed by atoms with Gasteiger partial charge in [-0.2, -0.15) is 11.1 Å². The van der Waals surface area contributed by atoms with Crippen LogP contribution in [0, 0.1) is 0 Å². The van der Waals surface area contributed by atoms with Crippen molar-refractivity contribution in [1.29, 1.82) is 0 Å². The fourth-order valence-electron chi connectivity index (χ4n) is 1.03. The van der Waals surface area contributed by atoms with E-state index in [1.807, 2.05) is 0 Å². The van der Waals surface area contributed by atoms with Gasteiger partial charge in [-0.15, -0.1) is 11.6 Å². The summed E-state index contributed by atoms with van der Waals surface area (Å²) in [5.41, 5.74) is 0. The van der Waals surface area contributed by atoms with E-state index in [1.54, 1.807) is 0 Å². The molecule has 0 nitrogen and oxygen atoms in total. The Morgan fingerprint density at radius 2 is 1.30 bits per heavy atom. The highest BCUT2D eigenvalue weighted by Gasteiger charge is 2.38. The Balaban J connectivity index is 4.23. The van der Waals surface area contributed by atoms with Gasteiger partial charge in [0.25, 0.3) is 0 Å². The maximum absolute atomic E-state index is 6.22. The molecular weight excluding hydrogens is 199 g/mol. The lowest BCUT2D eigenvalue weighted by molar-refractivity contribution is 1.50. The molecule has 0 aromatic rings. The average Bonchev–Trinajstić information content (AvgIpc) is 1.59. The second-order valence-corrected chi connectivity index (χ2v) is 18.0. The molecule has 0 aromatic carbocycles. The third-order valence-electron chi connectivity index (χ3n) is 1.36. The molecule has 0 saturated heterocycles. The van der Waals surface area contributed by atoms with E-state index in [0.29, 0.717) is 0 Å². The molecular formula is C6H16Cl2Si2. The summed E-state index contributed by atoms with van der Waals surface area (Å²) in [5.74, 6) is 0. The molecule has 4 heteroatoms.